The molecule has 0 aliphatic rings. The van der Waals surface area contributed by atoms with E-state index in [9.17, 15) is 0 Å². The van der Waals surface area contributed by atoms with Crippen LogP contribution in [0.5, 0.6) is 0 Å². The highest BCUT2D eigenvalue weighted by Gasteiger charge is 2.14. The lowest BCUT2D eigenvalue weighted by molar-refractivity contribution is 1.18. The van der Waals surface area contributed by atoms with Gasteiger partial charge in [-0.25, -0.2) is 0 Å². The van der Waals surface area contributed by atoms with Gasteiger partial charge >= 0.3 is 0 Å². The first-order valence-corrected chi connectivity index (χ1v) is 16.9. The lowest BCUT2D eigenvalue weighted by Crippen LogP contribution is -1.94. The Labute approximate surface area is 289 Å². The first-order valence-electron chi connectivity index (χ1n) is 16.9. The van der Waals surface area contributed by atoms with E-state index >= 15 is 0 Å². The standard InChI is InChI=1S/C46H30N4/c1-5-13-43-37(9-1)38-10-2-6-14-44(38)49(43)35-21-17-31(18-22-35)33-25-27-47-41(29-33)42-30-34(26-28-48-42)32-19-23-36(24-20-32)50-45-15-7-3-11-39(45)40-12-4-8-16-46(40)50/h1-30H. The van der Waals surface area contributed by atoms with Crippen LogP contribution in [0.25, 0.3) is 88.6 Å². The molecule has 4 heterocycles. The molecule has 50 heavy (non-hydrogen) atoms. The van der Waals surface area contributed by atoms with Crippen molar-refractivity contribution in [3.05, 3.63) is 182 Å². The molecular formula is C46H30N4. The van der Waals surface area contributed by atoms with Crippen LogP contribution in [0.1, 0.15) is 0 Å². The minimum absolute atomic E-state index is 0.845. The van der Waals surface area contributed by atoms with Crippen molar-refractivity contribution in [2.24, 2.45) is 0 Å². The van der Waals surface area contributed by atoms with E-state index in [0.717, 1.165) is 45.0 Å². The molecule has 0 saturated heterocycles. The maximum absolute atomic E-state index is 4.73. The van der Waals surface area contributed by atoms with E-state index in [-0.39, 0.29) is 0 Å². The van der Waals surface area contributed by atoms with Crippen LogP contribution in [-0.2, 0) is 0 Å². The highest BCUT2D eigenvalue weighted by Crippen LogP contribution is 2.35. The summed E-state index contributed by atoms with van der Waals surface area (Å²) in [4.78, 5) is 9.46. The van der Waals surface area contributed by atoms with Gasteiger partial charge in [0.05, 0.1) is 33.5 Å². The van der Waals surface area contributed by atoms with Gasteiger partial charge in [0.1, 0.15) is 0 Å². The zero-order valence-electron chi connectivity index (χ0n) is 27.1. The van der Waals surface area contributed by atoms with Crippen molar-refractivity contribution in [2.75, 3.05) is 0 Å². The highest BCUT2D eigenvalue weighted by molar-refractivity contribution is 6.10. The summed E-state index contributed by atoms with van der Waals surface area (Å²) in [5, 5.41) is 5.05. The molecule has 0 amide bonds. The predicted octanol–water partition coefficient (Wildman–Crippen LogP) is 11.7. The van der Waals surface area contributed by atoms with Crippen LogP contribution in [-0.4, -0.2) is 19.1 Å². The van der Waals surface area contributed by atoms with Gasteiger partial charge in [-0.1, -0.05) is 97.1 Å². The fourth-order valence-corrected chi connectivity index (χ4v) is 7.51. The van der Waals surface area contributed by atoms with Gasteiger partial charge in [0, 0.05) is 45.3 Å². The Balaban J connectivity index is 0.962. The minimum Gasteiger partial charge on any atom is -0.309 e. The maximum Gasteiger partial charge on any atom is 0.0892 e. The molecule has 0 aliphatic heterocycles. The van der Waals surface area contributed by atoms with E-state index in [0.29, 0.717) is 0 Å². The van der Waals surface area contributed by atoms with Crippen molar-refractivity contribution in [3.63, 3.8) is 0 Å². The summed E-state index contributed by atoms with van der Waals surface area (Å²) in [7, 11) is 0. The Hall–Kier alpha value is -6.78. The van der Waals surface area contributed by atoms with Crippen LogP contribution in [0.15, 0.2) is 182 Å². The third-order valence-corrected chi connectivity index (χ3v) is 9.86. The van der Waals surface area contributed by atoms with Gasteiger partial charge in [0.15, 0.2) is 0 Å². The number of fused-ring (bicyclic) bond motifs is 6. The number of hydrogen-bond donors (Lipinski definition) is 0. The second-order valence-electron chi connectivity index (χ2n) is 12.7. The third kappa shape index (κ3) is 4.54. The molecule has 0 saturated carbocycles. The van der Waals surface area contributed by atoms with Crippen molar-refractivity contribution < 1.29 is 0 Å². The van der Waals surface area contributed by atoms with Gasteiger partial charge in [-0.05, 0) is 95.1 Å². The molecule has 0 unspecified atom stereocenters. The van der Waals surface area contributed by atoms with Gasteiger partial charge < -0.3 is 9.13 Å². The van der Waals surface area contributed by atoms with Gasteiger partial charge in [-0.2, -0.15) is 0 Å². The van der Waals surface area contributed by atoms with Gasteiger partial charge in [-0.3, -0.25) is 9.97 Å². The molecule has 4 heteroatoms. The zero-order chi connectivity index (χ0) is 33.0. The molecule has 0 atom stereocenters. The lowest BCUT2D eigenvalue weighted by atomic mass is 10.0. The topological polar surface area (TPSA) is 35.6 Å². The van der Waals surface area contributed by atoms with Crippen LogP contribution < -0.4 is 0 Å². The van der Waals surface area contributed by atoms with E-state index < -0.39 is 0 Å². The Morgan fingerprint density at radius 3 is 0.960 bits per heavy atom. The maximum atomic E-state index is 4.73. The molecule has 6 aromatic carbocycles. The summed E-state index contributed by atoms with van der Waals surface area (Å²) in [5.74, 6) is 0. The highest BCUT2D eigenvalue weighted by atomic mass is 15.0. The normalized spacial score (nSPS) is 11.6. The molecule has 0 bridgehead atoms. The van der Waals surface area contributed by atoms with E-state index in [2.05, 4.69) is 179 Å². The summed E-state index contributed by atoms with van der Waals surface area (Å²) in [6.07, 6.45) is 3.75. The number of benzene rings is 6. The largest absolute Gasteiger partial charge is 0.309 e. The SMILES string of the molecule is c1ccc2c(c1)c1ccccc1n2-c1ccc(-c2ccnc(-c3cc(-c4ccc(-n5c6ccccc6c6ccccc65)cc4)ccn3)c2)cc1. The second-order valence-corrected chi connectivity index (χ2v) is 12.7. The first-order chi connectivity index (χ1) is 24.8. The summed E-state index contributed by atoms with van der Waals surface area (Å²) in [6.45, 7) is 0. The fraction of sp³-hybridized carbons (Fsp3) is 0. The molecule has 0 radical (unpaired) electrons. The van der Waals surface area contributed by atoms with E-state index in [4.69, 9.17) is 9.97 Å². The Kier molecular flexibility index (Phi) is 6.46. The molecule has 10 aromatic rings. The molecule has 4 nitrogen and oxygen atoms in total. The quantitative estimate of drug-likeness (QED) is 0.188. The van der Waals surface area contributed by atoms with E-state index in [1.54, 1.807) is 0 Å². The predicted molar refractivity (Wildman–Crippen MR) is 207 cm³/mol. The van der Waals surface area contributed by atoms with Crippen molar-refractivity contribution in [1.29, 1.82) is 0 Å². The molecule has 0 aliphatic carbocycles. The second kappa shape index (κ2) is 11.4. The van der Waals surface area contributed by atoms with Crippen LogP contribution in [0.3, 0.4) is 0 Å². The van der Waals surface area contributed by atoms with Crippen molar-refractivity contribution in [2.45, 2.75) is 0 Å². The average molecular weight is 639 g/mol. The Morgan fingerprint density at radius 2 is 0.620 bits per heavy atom. The lowest BCUT2D eigenvalue weighted by Gasteiger charge is -2.11. The summed E-state index contributed by atoms with van der Waals surface area (Å²) in [5.41, 5.74) is 13.3. The average Bonchev–Trinajstić information content (AvgIpc) is 3.71. The number of para-hydroxylation sites is 4. The van der Waals surface area contributed by atoms with Gasteiger partial charge in [-0.15, -0.1) is 0 Å². The zero-order valence-corrected chi connectivity index (χ0v) is 27.1. The molecule has 0 spiro atoms. The van der Waals surface area contributed by atoms with Crippen LogP contribution in [0.4, 0.5) is 0 Å². The summed E-state index contributed by atoms with van der Waals surface area (Å²) >= 11 is 0. The van der Waals surface area contributed by atoms with Crippen LogP contribution >= 0.6 is 0 Å². The van der Waals surface area contributed by atoms with Crippen LogP contribution in [0, 0.1) is 0 Å². The van der Waals surface area contributed by atoms with Crippen molar-refractivity contribution >= 4 is 43.6 Å². The summed E-state index contributed by atoms with van der Waals surface area (Å²) in [6, 6.07) is 60.4. The molecular weight excluding hydrogens is 609 g/mol. The third-order valence-electron chi connectivity index (χ3n) is 9.86. The Bertz CT molecular complexity index is 2550. The minimum atomic E-state index is 0.845. The molecule has 10 rings (SSSR count). The Morgan fingerprint density at radius 1 is 0.300 bits per heavy atom. The molecule has 0 fully saturated rings. The van der Waals surface area contributed by atoms with E-state index in [1.165, 1.54) is 43.6 Å². The van der Waals surface area contributed by atoms with Gasteiger partial charge in [0.25, 0.3) is 0 Å². The molecule has 4 aromatic heterocycles. The molecule has 0 N–H and O–H groups in total. The first kappa shape index (κ1) is 28.3. The number of hydrogen-bond acceptors (Lipinski definition) is 2. The number of nitrogens with zero attached hydrogens (tertiary/aromatic N) is 4. The summed E-state index contributed by atoms with van der Waals surface area (Å²) < 4.78 is 4.69. The smallest absolute Gasteiger partial charge is 0.0892 e. The van der Waals surface area contributed by atoms with Gasteiger partial charge in [0.2, 0.25) is 0 Å². The van der Waals surface area contributed by atoms with Crippen molar-refractivity contribution in [3.8, 4) is 45.0 Å². The number of aromatic nitrogens is 4. The van der Waals surface area contributed by atoms with E-state index in [1.807, 2.05) is 12.4 Å². The number of pyridine rings is 2. The molecule has 234 valence electrons. The number of rotatable bonds is 5. The van der Waals surface area contributed by atoms with Crippen LogP contribution in [0.2, 0.25) is 0 Å². The fourth-order valence-electron chi connectivity index (χ4n) is 7.51. The van der Waals surface area contributed by atoms with Crippen molar-refractivity contribution in [1.82, 2.24) is 19.1 Å². The monoisotopic (exact) mass is 638 g/mol.